The van der Waals surface area contributed by atoms with Crippen molar-refractivity contribution in [3.05, 3.63) is 48.3 Å². The number of anilines is 1. The number of rotatable bonds is 4. The number of pyridine rings is 1. The molecule has 3 rings (SSSR count). The highest BCUT2D eigenvalue weighted by Gasteiger charge is 2.37. The summed E-state index contributed by atoms with van der Waals surface area (Å²) in [5.74, 6) is 0.186. The van der Waals surface area contributed by atoms with E-state index >= 15 is 0 Å². The third-order valence-corrected chi connectivity index (χ3v) is 4.21. The molecule has 0 spiro atoms. The number of amides is 1. The smallest absolute Gasteiger partial charge is 0.416 e. The number of hydrogen-bond donors (Lipinski definition) is 1. The molecule has 1 amide bonds. The van der Waals surface area contributed by atoms with Crippen molar-refractivity contribution < 1.29 is 19.0 Å². The van der Waals surface area contributed by atoms with Crippen LogP contribution in [0.1, 0.15) is 19.8 Å². The van der Waals surface area contributed by atoms with Gasteiger partial charge in [-0.15, -0.1) is 0 Å². The number of aromatic nitrogens is 1. The van der Waals surface area contributed by atoms with Gasteiger partial charge in [0, 0.05) is 31.6 Å². The van der Waals surface area contributed by atoms with Crippen LogP contribution in [0.5, 0.6) is 0 Å². The van der Waals surface area contributed by atoms with Crippen molar-refractivity contribution in [3.63, 3.8) is 0 Å². The first kappa shape index (κ1) is 16.4. The standard InChI is InChI=1S/C18H19FN2O3/c1-18(10-12-22)9-11-21(17(23)24-18)16-4-2-3-15(20-16)13-5-7-14(19)8-6-13/h2-8,22H,9-12H2,1H3/t18-/m0/s1. The summed E-state index contributed by atoms with van der Waals surface area (Å²) >= 11 is 0. The molecule has 6 heteroatoms. The Balaban J connectivity index is 1.82. The Morgan fingerprint density at radius 2 is 2.04 bits per heavy atom. The van der Waals surface area contributed by atoms with Gasteiger partial charge in [0.1, 0.15) is 17.2 Å². The zero-order chi connectivity index (χ0) is 17.2. The van der Waals surface area contributed by atoms with Crippen molar-refractivity contribution >= 4 is 11.9 Å². The Hall–Kier alpha value is -2.47. The lowest BCUT2D eigenvalue weighted by molar-refractivity contribution is -0.00732. The van der Waals surface area contributed by atoms with Crippen LogP contribution < -0.4 is 4.90 Å². The second-order valence-corrected chi connectivity index (χ2v) is 6.08. The van der Waals surface area contributed by atoms with E-state index in [4.69, 9.17) is 9.84 Å². The van der Waals surface area contributed by atoms with Crippen molar-refractivity contribution in [2.24, 2.45) is 0 Å². The Kier molecular flexibility index (Phi) is 4.49. The molecule has 1 N–H and O–H groups in total. The molecule has 0 unspecified atom stereocenters. The lowest BCUT2D eigenvalue weighted by Gasteiger charge is -2.38. The molecular weight excluding hydrogens is 311 g/mol. The summed E-state index contributed by atoms with van der Waals surface area (Å²) in [5.41, 5.74) is 0.786. The van der Waals surface area contributed by atoms with Crippen molar-refractivity contribution in [2.75, 3.05) is 18.1 Å². The highest BCUT2D eigenvalue weighted by Crippen LogP contribution is 2.29. The summed E-state index contributed by atoms with van der Waals surface area (Å²) in [6, 6.07) is 11.4. The lowest BCUT2D eigenvalue weighted by Crippen LogP contribution is -2.48. The van der Waals surface area contributed by atoms with Gasteiger partial charge in [-0.1, -0.05) is 6.07 Å². The number of aliphatic hydroxyl groups is 1. The van der Waals surface area contributed by atoms with Crippen LogP contribution in [0.15, 0.2) is 42.5 Å². The molecule has 1 atom stereocenters. The molecule has 126 valence electrons. The fourth-order valence-electron chi connectivity index (χ4n) is 2.73. The average molecular weight is 330 g/mol. The number of halogens is 1. The van der Waals surface area contributed by atoms with Gasteiger partial charge in [0.05, 0.1) is 5.69 Å². The summed E-state index contributed by atoms with van der Waals surface area (Å²) in [5, 5.41) is 9.09. The highest BCUT2D eigenvalue weighted by molar-refractivity contribution is 5.87. The summed E-state index contributed by atoms with van der Waals surface area (Å²) in [4.78, 5) is 18.3. The van der Waals surface area contributed by atoms with Gasteiger partial charge < -0.3 is 9.84 Å². The number of ether oxygens (including phenoxy) is 1. The molecule has 0 saturated carbocycles. The molecule has 0 radical (unpaired) electrons. The number of nitrogens with zero attached hydrogens (tertiary/aromatic N) is 2. The number of aliphatic hydroxyl groups excluding tert-OH is 1. The maximum Gasteiger partial charge on any atom is 0.416 e. The van der Waals surface area contributed by atoms with E-state index in [1.165, 1.54) is 17.0 Å². The van der Waals surface area contributed by atoms with E-state index in [1.54, 1.807) is 24.3 Å². The van der Waals surface area contributed by atoms with Crippen molar-refractivity contribution in [3.8, 4) is 11.3 Å². The number of cyclic esters (lactones) is 1. The summed E-state index contributed by atoms with van der Waals surface area (Å²) < 4.78 is 18.5. The highest BCUT2D eigenvalue weighted by atomic mass is 19.1. The molecule has 1 aliphatic heterocycles. The minimum absolute atomic E-state index is 0.0257. The molecule has 2 heterocycles. The Bertz CT molecular complexity index is 735. The Labute approximate surface area is 139 Å². The van der Waals surface area contributed by atoms with Gasteiger partial charge in [0.15, 0.2) is 0 Å². The van der Waals surface area contributed by atoms with Crippen LogP contribution in [-0.2, 0) is 4.74 Å². The minimum Gasteiger partial charge on any atom is -0.443 e. The molecule has 1 aromatic carbocycles. The SMILES string of the molecule is C[C@@]1(CCO)CCN(c2cccc(-c3ccc(F)cc3)n2)C(=O)O1. The largest absolute Gasteiger partial charge is 0.443 e. The van der Waals surface area contributed by atoms with Gasteiger partial charge >= 0.3 is 6.09 Å². The normalized spacial score (nSPS) is 20.8. The molecule has 1 saturated heterocycles. The molecule has 1 aliphatic rings. The zero-order valence-corrected chi connectivity index (χ0v) is 13.4. The summed E-state index contributed by atoms with van der Waals surface area (Å²) in [7, 11) is 0. The van der Waals surface area contributed by atoms with E-state index < -0.39 is 11.7 Å². The van der Waals surface area contributed by atoms with Gasteiger partial charge in [-0.3, -0.25) is 4.90 Å². The molecule has 1 fully saturated rings. The third kappa shape index (κ3) is 3.38. The van der Waals surface area contributed by atoms with Crippen molar-refractivity contribution in [2.45, 2.75) is 25.4 Å². The first-order chi connectivity index (χ1) is 11.5. The van der Waals surface area contributed by atoms with Gasteiger partial charge in [0.25, 0.3) is 0 Å². The molecule has 24 heavy (non-hydrogen) atoms. The molecular formula is C18H19FN2O3. The maximum absolute atomic E-state index is 13.1. The van der Waals surface area contributed by atoms with Crippen LogP contribution in [0.2, 0.25) is 0 Å². The topological polar surface area (TPSA) is 62.7 Å². The molecule has 2 aromatic rings. The summed E-state index contributed by atoms with van der Waals surface area (Å²) in [6.07, 6.45) is 0.554. The van der Waals surface area contributed by atoms with Crippen LogP contribution in [0.4, 0.5) is 15.0 Å². The van der Waals surface area contributed by atoms with Gasteiger partial charge in [0.2, 0.25) is 0 Å². The number of carbonyl (C=O) groups excluding carboxylic acids is 1. The molecule has 0 bridgehead atoms. The fourth-order valence-corrected chi connectivity index (χ4v) is 2.73. The zero-order valence-electron chi connectivity index (χ0n) is 13.4. The predicted octanol–water partition coefficient (Wildman–Crippen LogP) is 3.38. The Morgan fingerprint density at radius 3 is 2.71 bits per heavy atom. The first-order valence-electron chi connectivity index (χ1n) is 7.85. The quantitative estimate of drug-likeness (QED) is 0.933. The molecule has 0 aliphatic carbocycles. The third-order valence-electron chi connectivity index (χ3n) is 4.21. The van der Waals surface area contributed by atoms with E-state index in [0.29, 0.717) is 30.9 Å². The van der Waals surface area contributed by atoms with Crippen molar-refractivity contribution in [1.82, 2.24) is 4.98 Å². The number of benzene rings is 1. The van der Waals surface area contributed by atoms with Gasteiger partial charge in [-0.2, -0.15) is 0 Å². The van der Waals surface area contributed by atoms with E-state index in [1.807, 2.05) is 13.0 Å². The van der Waals surface area contributed by atoms with E-state index in [0.717, 1.165) is 5.56 Å². The van der Waals surface area contributed by atoms with E-state index in [-0.39, 0.29) is 12.4 Å². The van der Waals surface area contributed by atoms with Crippen LogP contribution in [-0.4, -0.2) is 34.9 Å². The number of hydrogen-bond acceptors (Lipinski definition) is 4. The second-order valence-electron chi connectivity index (χ2n) is 6.08. The van der Waals surface area contributed by atoms with E-state index in [2.05, 4.69) is 4.98 Å². The van der Waals surface area contributed by atoms with Crippen LogP contribution in [0.3, 0.4) is 0 Å². The van der Waals surface area contributed by atoms with Crippen LogP contribution >= 0.6 is 0 Å². The second kappa shape index (κ2) is 6.57. The van der Waals surface area contributed by atoms with Crippen molar-refractivity contribution in [1.29, 1.82) is 0 Å². The predicted molar refractivity (Wildman–Crippen MR) is 88.2 cm³/mol. The van der Waals surface area contributed by atoms with Gasteiger partial charge in [-0.25, -0.2) is 14.2 Å². The minimum atomic E-state index is -0.642. The van der Waals surface area contributed by atoms with Crippen LogP contribution in [0.25, 0.3) is 11.3 Å². The molecule has 1 aromatic heterocycles. The van der Waals surface area contributed by atoms with E-state index in [9.17, 15) is 9.18 Å². The summed E-state index contributed by atoms with van der Waals surface area (Å²) in [6.45, 7) is 2.26. The Morgan fingerprint density at radius 1 is 1.29 bits per heavy atom. The van der Waals surface area contributed by atoms with Gasteiger partial charge in [-0.05, 0) is 43.3 Å². The average Bonchev–Trinajstić information content (AvgIpc) is 2.55. The lowest BCUT2D eigenvalue weighted by atomic mass is 9.96. The number of carbonyl (C=O) groups is 1. The van der Waals surface area contributed by atoms with Crippen LogP contribution in [0, 0.1) is 5.82 Å². The maximum atomic E-state index is 13.1. The first-order valence-corrected chi connectivity index (χ1v) is 7.85. The monoisotopic (exact) mass is 330 g/mol. The fraction of sp³-hybridized carbons (Fsp3) is 0.333. The molecule has 5 nitrogen and oxygen atoms in total.